The molecule has 0 radical (unpaired) electrons. The molecule has 1 amide bonds. The number of ether oxygens (including phenoxy) is 2. The highest BCUT2D eigenvalue weighted by molar-refractivity contribution is 9.10. The fourth-order valence-electron chi connectivity index (χ4n) is 3.88. The molecule has 10 nitrogen and oxygen atoms in total. The largest absolute Gasteiger partial charge is 0.459 e. The predicted molar refractivity (Wildman–Crippen MR) is 134 cm³/mol. The molecule has 0 unspecified atom stereocenters. The lowest BCUT2D eigenvalue weighted by atomic mass is 9.80. The molecule has 1 aliphatic rings. The maximum Gasteiger partial charge on any atom is 0.287 e. The van der Waals surface area contributed by atoms with Gasteiger partial charge in [-0.3, -0.25) is 14.9 Å². The number of anilines is 1. The summed E-state index contributed by atoms with van der Waals surface area (Å²) >= 11 is 3.46. The first-order valence-corrected chi connectivity index (χ1v) is 12.2. The van der Waals surface area contributed by atoms with E-state index in [-0.39, 0.29) is 42.3 Å². The molecule has 3 atom stereocenters. The second kappa shape index (κ2) is 13.2. The molecule has 11 heteroatoms. The van der Waals surface area contributed by atoms with Crippen molar-refractivity contribution in [3.8, 4) is 0 Å². The maximum absolute atomic E-state index is 12.9. The molecule has 1 aromatic carbocycles. The van der Waals surface area contributed by atoms with Gasteiger partial charge in [-0.1, -0.05) is 28.1 Å². The molecule has 0 aliphatic carbocycles. The first-order chi connectivity index (χ1) is 16.9. The molecule has 3 N–H and O–H groups in total. The highest BCUT2D eigenvalue weighted by Crippen LogP contribution is 2.39. The van der Waals surface area contributed by atoms with Crippen LogP contribution in [0.1, 0.15) is 31.2 Å². The molecule has 0 bridgehead atoms. The van der Waals surface area contributed by atoms with E-state index in [1.165, 1.54) is 18.3 Å². The number of allylic oxidation sites excluding steroid dienone is 1. The van der Waals surface area contributed by atoms with E-state index in [1.807, 2.05) is 37.3 Å². The Balaban J connectivity index is 1.67. The van der Waals surface area contributed by atoms with Crippen LogP contribution in [0.4, 0.5) is 11.5 Å². The Morgan fingerprint density at radius 2 is 2.03 bits per heavy atom. The van der Waals surface area contributed by atoms with Crippen LogP contribution < -0.4 is 10.6 Å². The van der Waals surface area contributed by atoms with Crippen molar-refractivity contribution in [1.29, 1.82) is 0 Å². The molecule has 0 spiro atoms. The second-order valence-corrected chi connectivity index (χ2v) is 8.84. The molecule has 0 fully saturated rings. The number of nitro groups is 1. The quantitative estimate of drug-likeness (QED) is 0.207. The molecular weight excluding hydrogens is 520 g/mol. The minimum atomic E-state index is -0.617. The van der Waals surface area contributed by atoms with Crippen LogP contribution in [0, 0.1) is 16.0 Å². The van der Waals surface area contributed by atoms with Gasteiger partial charge in [-0.05, 0) is 49.6 Å². The van der Waals surface area contributed by atoms with Gasteiger partial charge in [-0.15, -0.1) is 0 Å². The van der Waals surface area contributed by atoms with E-state index in [1.54, 1.807) is 0 Å². The minimum Gasteiger partial charge on any atom is -0.459 e. The lowest BCUT2D eigenvalue weighted by molar-refractivity contribution is -0.385. The van der Waals surface area contributed by atoms with Crippen molar-refractivity contribution in [2.24, 2.45) is 5.92 Å². The number of hydrogen-bond acceptors (Lipinski definition) is 8. The molecular formula is C24H29BrN4O6. The number of carbonyl (C=O) groups excluding carboxylic acids is 1. The van der Waals surface area contributed by atoms with Crippen LogP contribution in [0.3, 0.4) is 0 Å². The van der Waals surface area contributed by atoms with Crippen molar-refractivity contribution in [3.63, 3.8) is 0 Å². The second-order valence-electron chi connectivity index (χ2n) is 7.92. The van der Waals surface area contributed by atoms with Gasteiger partial charge < -0.3 is 25.2 Å². The molecule has 0 saturated heterocycles. The van der Waals surface area contributed by atoms with E-state index in [0.717, 1.165) is 10.0 Å². The zero-order valence-electron chi connectivity index (χ0n) is 19.4. The van der Waals surface area contributed by atoms with Crippen molar-refractivity contribution in [2.75, 3.05) is 31.6 Å². The zero-order chi connectivity index (χ0) is 25.2. The zero-order valence-corrected chi connectivity index (χ0v) is 20.9. The van der Waals surface area contributed by atoms with Gasteiger partial charge in [0.05, 0.1) is 4.92 Å². The number of hydrogen-bond donors (Lipinski definition) is 3. The Morgan fingerprint density at radius 3 is 2.66 bits per heavy atom. The third-order valence-corrected chi connectivity index (χ3v) is 6.09. The molecule has 1 aromatic heterocycles. The summed E-state index contributed by atoms with van der Waals surface area (Å²) < 4.78 is 12.8. The third-order valence-electron chi connectivity index (χ3n) is 5.57. The number of halogens is 1. The summed E-state index contributed by atoms with van der Waals surface area (Å²) in [6.45, 7) is 3.02. The van der Waals surface area contributed by atoms with Gasteiger partial charge in [-0.25, -0.2) is 4.98 Å². The molecule has 3 rings (SSSR count). The van der Waals surface area contributed by atoms with Crippen LogP contribution >= 0.6 is 15.9 Å². The average molecular weight is 549 g/mol. The molecule has 0 saturated carbocycles. The standard InChI is InChI=1S/C24H29BrN4O6/c1-2-34-24-19(4-3-13-30)20(16-5-7-17(25)8-6-16)14-21(35-24)23(31)27-12-11-26-22-10-9-18(15-28-22)29(32)33/h5-10,14-15,19-20,24,30H,2-4,11-13H2,1H3,(H,26,28)(H,27,31)/t19-,20-,24-/m0/s1. The fourth-order valence-corrected chi connectivity index (χ4v) is 4.15. The van der Waals surface area contributed by atoms with Crippen LogP contribution in [-0.4, -0.2) is 53.5 Å². The first kappa shape index (κ1) is 26.6. The number of aliphatic hydroxyl groups is 1. The number of amides is 1. The normalized spacial score (nSPS) is 19.4. The summed E-state index contributed by atoms with van der Waals surface area (Å²) in [7, 11) is 0. The predicted octanol–water partition coefficient (Wildman–Crippen LogP) is 3.73. The van der Waals surface area contributed by atoms with Gasteiger partial charge >= 0.3 is 0 Å². The Labute approximate surface area is 212 Å². The summed E-state index contributed by atoms with van der Waals surface area (Å²) in [5.74, 6) is 0.107. The van der Waals surface area contributed by atoms with E-state index in [9.17, 15) is 20.0 Å². The summed E-state index contributed by atoms with van der Waals surface area (Å²) in [6, 6.07) is 10.8. The highest BCUT2D eigenvalue weighted by Gasteiger charge is 2.37. The van der Waals surface area contributed by atoms with Gasteiger partial charge in [-0.2, -0.15) is 0 Å². The molecule has 2 heterocycles. The lowest BCUT2D eigenvalue weighted by Gasteiger charge is -2.37. The van der Waals surface area contributed by atoms with Gasteiger partial charge in [0, 0.05) is 48.7 Å². The van der Waals surface area contributed by atoms with E-state index >= 15 is 0 Å². The lowest BCUT2D eigenvalue weighted by Crippen LogP contribution is -2.39. The van der Waals surface area contributed by atoms with Crippen molar-refractivity contribution in [3.05, 3.63) is 74.6 Å². The van der Waals surface area contributed by atoms with Crippen molar-refractivity contribution < 1.29 is 24.3 Å². The van der Waals surface area contributed by atoms with Gasteiger partial charge in [0.1, 0.15) is 12.0 Å². The average Bonchev–Trinajstić information content (AvgIpc) is 2.86. The Bertz CT molecular complexity index is 1020. The summed E-state index contributed by atoms with van der Waals surface area (Å²) in [6.07, 6.45) is 3.65. The Kier molecular flexibility index (Phi) is 10.0. The summed E-state index contributed by atoms with van der Waals surface area (Å²) in [4.78, 5) is 27.1. The van der Waals surface area contributed by atoms with Crippen LogP contribution in [0.15, 0.2) is 58.9 Å². The SMILES string of the molecule is CCO[C@H]1OC(C(=O)NCCNc2ccc([N+](=O)[O-])cn2)=C[C@@H](c2ccc(Br)cc2)[C@@H]1CCCO. The number of nitrogens with zero attached hydrogens (tertiary/aromatic N) is 2. The van der Waals surface area contributed by atoms with Gasteiger partial charge in [0.2, 0.25) is 6.29 Å². The van der Waals surface area contributed by atoms with Crippen LogP contribution in [0.5, 0.6) is 0 Å². The maximum atomic E-state index is 12.9. The molecule has 188 valence electrons. The first-order valence-electron chi connectivity index (χ1n) is 11.4. The Hall–Kier alpha value is -3.02. The Morgan fingerprint density at radius 1 is 1.26 bits per heavy atom. The number of nitrogens with one attached hydrogen (secondary N) is 2. The summed E-state index contributed by atoms with van der Waals surface area (Å²) in [5.41, 5.74) is 0.937. The van der Waals surface area contributed by atoms with Crippen molar-refractivity contribution in [1.82, 2.24) is 10.3 Å². The van der Waals surface area contributed by atoms with Crippen LogP contribution in [0.25, 0.3) is 0 Å². The monoisotopic (exact) mass is 548 g/mol. The van der Waals surface area contributed by atoms with E-state index in [2.05, 4.69) is 31.5 Å². The molecule has 2 aromatic rings. The van der Waals surface area contributed by atoms with E-state index in [4.69, 9.17) is 9.47 Å². The van der Waals surface area contributed by atoms with E-state index < -0.39 is 11.2 Å². The van der Waals surface area contributed by atoms with Gasteiger partial charge in [0.15, 0.2) is 5.76 Å². The fraction of sp³-hybridized carbons (Fsp3) is 0.417. The van der Waals surface area contributed by atoms with Crippen LogP contribution in [-0.2, 0) is 14.3 Å². The van der Waals surface area contributed by atoms with Gasteiger partial charge in [0.25, 0.3) is 11.6 Å². The highest BCUT2D eigenvalue weighted by atomic mass is 79.9. The molecule has 1 aliphatic heterocycles. The topological polar surface area (TPSA) is 136 Å². The number of aliphatic hydroxyl groups excluding tert-OH is 1. The van der Waals surface area contributed by atoms with E-state index in [0.29, 0.717) is 31.8 Å². The third kappa shape index (κ3) is 7.48. The number of pyridine rings is 1. The molecule has 35 heavy (non-hydrogen) atoms. The number of carbonyl (C=O) groups is 1. The van der Waals surface area contributed by atoms with Crippen LogP contribution in [0.2, 0.25) is 0 Å². The smallest absolute Gasteiger partial charge is 0.287 e. The van der Waals surface area contributed by atoms with Crippen molar-refractivity contribution >= 4 is 33.3 Å². The number of rotatable bonds is 12. The van der Waals surface area contributed by atoms with Crippen molar-refractivity contribution in [2.45, 2.75) is 32.0 Å². The summed E-state index contributed by atoms with van der Waals surface area (Å²) in [5, 5.41) is 25.9. The number of benzene rings is 1. The number of aromatic nitrogens is 1. The minimum absolute atomic E-state index is 0.0605.